The van der Waals surface area contributed by atoms with Gasteiger partial charge in [0.1, 0.15) is 13.2 Å². The lowest BCUT2D eigenvalue weighted by Crippen LogP contribution is -2.49. The Kier molecular flexibility index (Phi) is 6.52. The van der Waals surface area contributed by atoms with E-state index in [-0.39, 0.29) is 30.4 Å². The SMILES string of the molecule is CC[C@]1(C(=O)NCc2ccn[nH]2)C[C@H]2CC[C@@H]1N2C(=O)c1cccc2c1OCCO2.O=CO. The molecule has 3 atom stereocenters. The van der Waals surface area contributed by atoms with E-state index >= 15 is 0 Å². The molecule has 2 saturated heterocycles. The zero-order chi connectivity index (χ0) is 23.4. The molecule has 3 N–H and O–H groups in total. The molecule has 1 aromatic carbocycles. The number of para-hydroxylation sites is 1. The zero-order valence-electron chi connectivity index (χ0n) is 18.5. The molecule has 33 heavy (non-hydrogen) atoms. The van der Waals surface area contributed by atoms with E-state index in [4.69, 9.17) is 19.4 Å². The van der Waals surface area contributed by atoms with Gasteiger partial charge < -0.3 is 24.8 Å². The van der Waals surface area contributed by atoms with Crippen LogP contribution in [0.5, 0.6) is 11.5 Å². The van der Waals surface area contributed by atoms with Gasteiger partial charge in [-0.1, -0.05) is 13.0 Å². The maximum atomic E-state index is 13.6. The highest BCUT2D eigenvalue weighted by atomic mass is 16.6. The molecule has 2 fully saturated rings. The molecule has 3 aliphatic rings. The number of nitrogens with one attached hydrogen (secondary N) is 2. The molecule has 5 rings (SSSR count). The number of aromatic nitrogens is 2. The summed E-state index contributed by atoms with van der Waals surface area (Å²) in [6.07, 6.45) is 4.83. The number of nitrogens with zero attached hydrogens (tertiary/aromatic N) is 2. The van der Waals surface area contributed by atoms with Crippen LogP contribution in [-0.4, -0.2) is 63.8 Å². The van der Waals surface area contributed by atoms with Gasteiger partial charge >= 0.3 is 0 Å². The molecule has 10 nitrogen and oxygen atoms in total. The highest BCUT2D eigenvalue weighted by Crippen LogP contribution is 2.53. The first-order valence-electron chi connectivity index (χ1n) is 11.1. The van der Waals surface area contributed by atoms with E-state index in [2.05, 4.69) is 15.5 Å². The molecule has 0 spiro atoms. The lowest BCUT2D eigenvalue weighted by Gasteiger charge is -2.35. The highest BCUT2D eigenvalue weighted by Gasteiger charge is 2.60. The number of carbonyl (C=O) groups excluding carboxylic acids is 2. The minimum atomic E-state index is -0.565. The molecule has 2 aromatic rings. The molecular formula is C23H28N4O6. The fraction of sp³-hybridized carbons (Fsp3) is 0.478. The fourth-order valence-corrected chi connectivity index (χ4v) is 5.39. The number of carboxylic acid groups (broad SMARTS) is 1. The smallest absolute Gasteiger partial charge is 0.290 e. The summed E-state index contributed by atoms with van der Waals surface area (Å²) in [6.45, 7) is 3.11. The Bertz CT molecular complexity index is 1010. The van der Waals surface area contributed by atoms with Crippen LogP contribution in [0.15, 0.2) is 30.5 Å². The third-order valence-electron chi connectivity index (χ3n) is 6.85. The number of hydrogen-bond donors (Lipinski definition) is 3. The van der Waals surface area contributed by atoms with Crippen molar-refractivity contribution >= 4 is 18.3 Å². The predicted octanol–water partition coefficient (Wildman–Crippen LogP) is 1.97. The molecule has 0 aliphatic carbocycles. The summed E-state index contributed by atoms with van der Waals surface area (Å²) >= 11 is 0. The normalized spacial score (nSPS) is 24.6. The van der Waals surface area contributed by atoms with Gasteiger partial charge in [-0.25, -0.2) is 0 Å². The molecule has 10 heteroatoms. The molecule has 2 bridgehead atoms. The quantitative estimate of drug-likeness (QED) is 0.586. The number of fused-ring (bicyclic) bond motifs is 3. The van der Waals surface area contributed by atoms with Gasteiger partial charge in [0.2, 0.25) is 5.91 Å². The van der Waals surface area contributed by atoms with Gasteiger partial charge in [0, 0.05) is 18.3 Å². The van der Waals surface area contributed by atoms with Gasteiger partial charge in [0.15, 0.2) is 11.5 Å². The fourth-order valence-electron chi connectivity index (χ4n) is 5.39. The minimum Gasteiger partial charge on any atom is -0.486 e. The summed E-state index contributed by atoms with van der Waals surface area (Å²) < 4.78 is 11.4. The van der Waals surface area contributed by atoms with Crippen molar-refractivity contribution in [3.8, 4) is 11.5 Å². The van der Waals surface area contributed by atoms with Gasteiger partial charge in [-0.15, -0.1) is 0 Å². The summed E-state index contributed by atoms with van der Waals surface area (Å²) in [4.78, 5) is 37.2. The van der Waals surface area contributed by atoms with E-state index in [0.29, 0.717) is 49.7 Å². The van der Waals surface area contributed by atoms with Gasteiger partial charge in [0.05, 0.1) is 23.2 Å². The minimum absolute atomic E-state index is 0.0132. The summed E-state index contributed by atoms with van der Waals surface area (Å²) in [7, 11) is 0. The second-order valence-electron chi connectivity index (χ2n) is 8.37. The maximum absolute atomic E-state index is 13.6. The predicted molar refractivity (Wildman–Crippen MR) is 117 cm³/mol. The Morgan fingerprint density at radius 3 is 2.82 bits per heavy atom. The molecule has 3 aliphatic heterocycles. The van der Waals surface area contributed by atoms with Crippen LogP contribution >= 0.6 is 0 Å². The number of benzene rings is 1. The number of carbonyl (C=O) groups is 3. The van der Waals surface area contributed by atoms with Crippen molar-refractivity contribution in [2.24, 2.45) is 5.41 Å². The van der Waals surface area contributed by atoms with Crippen LogP contribution in [0.2, 0.25) is 0 Å². The summed E-state index contributed by atoms with van der Waals surface area (Å²) in [5, 5.41) is 16.7. The number of hydrogen-bond acceptors (Lipinski definition) is 6. The summed E-state index contributed by atoms with van der Waals surface area (Å²) in [5.74, 6) is 1.07. The summed E-state index contributed by atoms with van der Waals surface area (Å²) in [5.41, 5.74) is 0.817. The molecule has 0 unspecified atom stereocenters. The first-order valence-corrected chi connectivity index (χ1v) is 11.1. The van der Waals surface area contributed by atoms with Crippen molar-refractivity contribution in [2.75, 3.05) is 13.2 Å². The van der Waals surface area contributed by atoms with Crippen LogP contribution in [-0.2, 0) is 16.1 Å². The van der Waals surface area contributed by atoms with Crippen LogP contribution in [0.3, 0.4) is 0 Å². The summed E-state index contributed by atoms with van der Waals surface area (Å²) in [6, 6.07) is 7.24. The maximum Gasteiger partial charge on any atom is 0.290 e. The molecule has 2 amide bonds. The number of aromatic amines is 1. The van der Waals surface area contributed by atoms with Gasteiger partial charge in [-0.05, 0) is 43.9 Å². The Labute approximate surface area is 191 Å². The first-order chi connectivity index (χ1) is 16.1. The van der Waals surface area contributed by atoms with Crippen molar-refractivity contribution in [2.45, 2.75) is 51.2 Å². The van der Waals surface area contributed by atoms with Crippen LogP contribution in [0.4, 0.5) is 0 Å². The van der Waals surface area contributed by atoms with Gasteiger partial charge in [-0.3, -0.25) is 19.5 Å². The number of amides is 2. The molecular weight excluding hydrogens is 428 g/mol. The zero-order valence-corrected chi connectivity index (χ0v) is 18.5. The van der Waals surface area contributed by atoms with Crippen LogP contribution in [0.25, 0.3) is 0 Å². The Hall–Kier alpha value is -3.56. The molecule has 1 aromatic heterocycles. The Morgan fingerprint density at radius 1 is 1.30 bits per heavy atom. The number of ether oxygens (including phenoxy) is 2. The average molecular weight is 456 g/mol. The van der Waals surface area contributed by atoms with Crippen molar-refractivity contribution in [1.82, 2.24) is 20.4 Å². The van der Waals surface area contributed by atoms with Crippen molar-refractivity contribution in [3.05, 3.63) is 41.7 Å². The van der Waals surface area contributed by atoms with E-state index < -0.39 is 5.41 Å². The number of rotatable bonds is 5. The standard InChI is InChI=1S/C22H26N4O4.CH2O2/c1-2-22(21(28)23-13-14-8-9-24-25-14)12-15-6-7-18(22)26(15)20(27)16-4-3-5-17-19(16)30-11-10-29-17;2-1-3/h3-5,8-9,15,18H,2,6-7,10-13H2,1H3,(H,23,28)(H,24,25);1H,(H,2,3)/t15-,18+,22+;/m1./s1. The van der Waals surface area contributed by atoms with E-state index in [9.17, 15) is 9.59 Å². The Morgan fingerprint density at radius 2 is 2.09 bits per heavy atom. The second-order valence-corrected chi connectivity index (χ2v) is 8.37. The van der Waals surface area contributed by atoms with E-state index in [1.165, 1.54) is 0 Å². The van der Waals surface area contributed by atoms with Crippen LogP contribution in [0.1, 0.15) is 48.7 Å². The van der Waals surface area contributed by atoms with Crippen molar-refractivity contribution in [1.29, 1.82) is 0 Å². The van der Waals surface area contributed by atoms with Gasteiger partial charge in [-0.2, -0.15) is 5.10 Å². The molecule has 4 heterocycles. The average Bonchev–Trinajstić information content (AvgIpc) is 3.58. The largest absolute Gasteiger partial charge is 0.486 e. The third-order valence-corrected chi connectivity index (χ3v) is 6.85. The van der Waals surface area contributed by atoms with Gasteiger partial charge in [0.25, 0.3) is 12.4 Å². The molecule has 0 radical (unpaired) electrons. The van der Waals surface area contributed by atoms with Crippen LogP contribution < -0.4 is 14.8 Å². The van der Waals surface area contributed by atoms with Crippen molar-refractivity contribution < 1.29 is 29.0 Å². The Balaban J connectivity index is 0.000000821. The topological polar surface area (TPSA) is 134 Å². The highest BCUT2D eigenvalue weighted by molar-refractivity contribution is 5.99. The second kappa shape index (κ2) is 9.51. The first kappa shape index (κ1) is 22.6. The lowest BCUT2D eigenvalue weighted by molar-refractivity contribution is -0.133. The molecule has 0 saturated carbocycles. The van der Waals surface area contributed by atoms with Crippen molar-refractivity contribution in [3.63, 3.8) is 0 Å². The molecule has 176 valence electrons. The number of H-pyrrole nitrogens is 1. The van der Waals surface area contributed by atoms with E-state index in [0.717, 1.165) is 18.5 Å². The van der Waals surface area contributed by atoms with E-state index in [1.54, 1.807) is 12.3 Å². The van der Waals surface area contributed by atoms with Crippen LogP contribution in [0, 0.1) is 5.41 Å². The lowest BCUT2D eigenvalue weighted by atomic mass is 9.71. The monoisotopic (exact) mass is 456 g/mol. The third kappa shape index (κ3) is 4.01. The van der Waals surface area contributed by atoms with E-state index in [1.807, 2.05) is 30.0 Å².